The average molecular weight is 420 g/mol. The second-order valence-corrected chi connectivity index (χ2v) is 8.71. The third-order valence-corrected chi connectivity index (χ3v) is 5.74. The van der Waals surface area contributed by atoms with Gasteiger partial charge in [0, 0.05) is 24.2 Å². The second-order valence-electron chi connectivity index (χ2n) is 8.71. The summed E-state index contributed by atoms with van der Waals surface area (Å²) in [5, 5.41) is 0. The van der Waals surface area contributed by atoms with Crippen LogP contribution in [0.4, 0.5) is 10.1 Å². The lowest BCUT2D eigenvalue weighted by atomic mass is 10.0. The fraction of sp³-hybridized carbons (Fsp3) is 0.619. The Labute approximate surface area is 178 Å². The molecule has 30 heavy (non-hydrogen) atoms. The number of aliphatic imine (C=N–C) groups is 2. The molecule has 0 saturated carbocycles. The zero-order chi connectivity index (χ0) is 22.1. The van der Waals surface area contributed by atoms with Gasteiger partial charge in [-0.3, -0.25) is 15.5 Å². The van der Waals surface area contributed by atoms with Crippen molar-refractivity contribution in [1.29, 1.82) is 0 Å². The molecule has 1 saturated heterocycles. The molecule has 1 aromatic rings. The first-order valence-corrected chi connectivity index (χ1v) is 10.5. The minimum atomic E-state index is -0.805. The van der Waals surface area contributed by atoms with E-state index in [1.165, 1.54) is 30.6 Å². The molecule has 9 heteroatoms. The van der Waals surface area contributed by atoms with E-state index >= 15 is 0 Å². The Bertz CT molecular complexity index is 820. The van der Waals surface area contributed by atoms with Crippen LogP contribution in [0.2, 0.25) is 0 Å². The van der Waals surface area contributed by atoms with Gasteiger partial charge < -0.3 is 15.4 Å². The van der Waals surface area contributed by atoms with E-state index in [2.05, 4.69) is 47.5 Å². The van der Waals surface area contributed by atoms with Crippen molar-refractivity contribution < 1.29 is 9.13 Å². The summed E-state index contributed by atoms with van der Waals surface area (Å²) < 4.78 is 19.2. The van der Waals surface area contributed by atoms with Crippen LogP contribution in [0.1, 0.15) is 40.5 Å². The van der Waals surface area contributed by atoms with Gasteiger partial charge in [0.2, 0.25) is 11.9 Å². The van der Waals surface area contributed by atoms with Gasteiger partial charge in [-0.1, -0.05) is 6.92 Å². The molecular formula is C21H34FN7O. The lowest BCUT2D eigenvalue weighted by Crippen LogP contribution is -2.57. The summed E-state index contributed by atoms with van der Waals surface area (Å²) in [6, 6.07) is 4.98. The first-order chi connectivity index (χ1) is 14.2. The Morgan fingerprint density at radius 3 is 2.63 bits per heavy atom. The number of halogens is 1. The van der Waals surface area contributed by atoms with Crippen LogP contribution in [-0.4, -0.2) is 66.3 Å². The molecule has 2 aliphatic rings. The molecule has 8 nitrogen and oxygen atoms in total. The predicted octanol–water partition coefficient (Wildman–Crippen LogP) is 2.15. The maximum atomic E-state index is 14.2. The van der Waals surface area contributed by atoms with E-state index in [-0.39, 0.29) is 17.2 Å². The normalized spacial score (nSPS) is 22.7. The molecular weight excluding hydrogens is 385 g/mol. The van der Waals surface area contributed by atoms with Gasteiger partial charge in [0.15, 0.2) is 17.9 Å². The summed E-state index contributed by atoms with van der Waals surface area (Å²) >= 11 is 0. The Balaban J connectivity index is 1.87. The Kier molecular flexibility index (Phi) is 6.52. The van der Waals surface area contributed by atoms with Gasteiger partial charge in [-0.2, -0.15) is 4.99 Å². The van der Waals surface area contributed by atoms with Crippen molar-refractivity contribution in [2.45, 2.75) is 58.4 Å². The van der Waals surface area contributed by atoms with Crippen LogP contribution in [0.3, 0.4) is 0 Å². The largest absolute Gasteiger partial charge is 0.494 e. The summed E-state index contributed by atoms with van der Waals surface area (Å²) in [6.07, 6.45) is 1.54. The molecule has 2 unspecified atom stereocenters. The molecule has 3 rings (SSSR count). The molecule has 166 valence electrons. The Morgan fingerprint density at radius 2 is 2.07 bits per heavy atom. The first kappa shape index (κ1) is 22.3. The summed E-state index contributed by atoms with van der Waals surface area (Å²) in [4.78, 5) is 15.4. The Hall–Kier alpha value is -2.39. The molecule has 1 fully saturated rings. The quantitative estimate of drug-likeness (QED) is 0.759. The molecule has 1 aromatic carbocycles. The van der Waals surface area contributed by atoms with Gasteiger partial charge in [-0.15, -0.1) is 0 Å². The molecule has 4 N–H and O–H groups in total. The number of guanidine groups is 2. The van der Waals surface area contributed by atoms with Gasteiger partial charge in [-0.05, 0) is 58.8 Å². The second kappa shape index (κ2) is 8.77. The van der Waals surface area contributed by atoms with Crippen LogP contribution in [0.5, 0.6) is 5.75 Å². The third-order valence-electron chi connectivity index (χ3n) is 5.74. The molecule has 0 spiro atoms. The monoisotopic (exact) mass is 419 g/mol. The molecule has 0 aromatic heterocycles. The highest BCUT2D eigenvalue weighted by Crippen LogP contribution is 2.27. The van der Waals surface area contributed by atoms with E-state index in [9.17, 15) is 4.39 Å². The minimum absolute atomic E-state index is 0.153. The van der Waals surface area contributed by atoms with Gasteiger partial charge in [0.05, 0.1) is 12.8 Å². The maximum Gasteiger partial charge on any atom is 0.227 e. The van der Waals surface area contributed by atoms with Gasteiger partial charge >= 0.3 is 0 Å². The molecule has 2 heterocycles. The van der Waals surface area contributed by atoms with E-state index < -0.39 is 12.1 Å². The molecule has 2 atom stereocenters. The number of hydrogen-bond donors (Lipinski definition) is 2. The smallest absolute Gasteiger partial charge is 0.227 e. The van der Waals surface area contributed by atoms with Crippen molar-refractivity contribution in [1.82, 2.24) is 9.80 Å². The Morgan fingerprint density at radius 1 is 1.33 bits per heavy atom. The van der Waals surface area contributed by atoms with Crippen molar-refractivity contribution in [3.8, 4) is 5.75 Å². The fourth-order valence-electron chi connectivity index (χ4n) is 4.10. The standard InChI is InChI=1S/C21H34FN7O/c1-6-27-11-7-8-15(27)13-28(21(2,3)4)20-25-18(23)29(19(24)26-20)14-9-10-17(30-5)16(22)12-14/h9-10,12,15,18H,6-8,11,13,23H2,1-5H3,(H2,24,25,26). The lowest BCUT2D eigenvalue weighted by Gasteiger charge is -2.42. The predicted molar refractivity (Wildman–Crippen MR) is 119 cm³/mol. The number of ether oxygens (including phenoxy) is 1. The SMILES string of the molecule is CCN1CCCC1CN(C1=NC(N)N(c2ccc(OC)c(F)c2)C(N)=N1)C(C)(C)C. The number of likely N-dealkylation sites (tertiary alicyclic amines) is 1. The fourth-order valence-corrected chi connectivity index (χ4v) is 4.10. The average Bonchev–Trinajstić information content (AvgIpc) is 3.12. The number of hydrogen-bond acceptors (Lipinski definition) is 8. The van der Waals surface area contributed by atoms with Crippen LogP contribution >= 0.6 is 0 Å². The van der Waals surface area contributed by atoms with Crippen molar-refractivity contribution in [3.63, 3.8) is 0 Å². The highest BCUT2D eigenvalue weighted by atomic mass is 19.1. The van der Waals surface area contributed by atoms with Crippen molar-refractivity contribution in [3.05, 3.63) is 24.0 Å². The van der Waals surface area contributed by atoms with E-state index in [1.807, 2.05) is 0 Å². The summed E-state index contributed by atoms with van der Waals surface area (Å²) in [5.41, 5.74) is 12.9. The highest BCUT2D eigenvalue weighted by molar-refractivity contribution is 6.05. The topological polar surface area (TPSA) is 95.7 Å². The van der Waals surface area contributed by atoms with Gasteiger partial charge in [0.1, 0.15) is 0 Å². The van der Waals surface area contributed by atoms with E-state index in [1.54, 1.807) is 6.07 Å². The number of nitrogens with two attached hydrogens (primary N) is 2. The van der Waals surface area contributed by atoms with Gasteiger partial charge in [0.25, 0.3) is 0 Å². The van der Waals surface area contributed by atoms with E-state index in [0.29, 0.717) is 17.7 Å². The van der Waals surface area contributed by atoms with Crippen LogP contribution in [0, 0.1) is 5.82 Å². The summed E-state index contributed by atoms with van der Waals surface area (Å²) in [5.74, 6) is 0.354. The van der Waals surface area contributed by atoms with Crippen LogP contribution in [0.15, 0.2) is 28.2 Å². The van der Waals surface area contributed by atoms with E-state index in [0.717, 1.165) is 26.1 Å². The number of rotatable bonds is 5. The van der Waals surface area contributed by atoms with Crippen molar-refractivity contribution in [2.24, 2.45) is 21.5 Å². The summed E-state index contributed by atoms with van der Waals surface area (Å²) in [7, 11) is 1.42. The lowest BCUT2D eigenvalue weighted by molar-refractivity contribution is 0.162. The third kappa shape index (κ3) is 4.52. The van der Waals surface area contributed by atoms with Gasteiger partial charge in [-0.25, -0.2) is 9.38 Å². The molecule has 0 radical (unpaired) electrons. The molecule has 0 aliphatic carbocycles. The zero-order valence-electron chi connectivity index (χ0n) is 18.6. The molecule has 0 bridgehead atoms. The maximum absolute atomic E-state index is 14.2. The van der Waals surface area contributed by atoms with Crippen LogP contribution in [-0.2, 0) is 0 Å². The minimum Gasteiger partial charge on any atom is -0.494 e. The highest BCUT2D eigenvalue weighted by Gasteiger charge is 2.34. The van der Waals surface area contributed by atoms with Crippen molar-refractivity contribution >= 4 is 17.6 Å². The molecule has 0 amide bonds. The number of methoxy groups -OCH3 is 1. The number of anilines is 1. The first-order valence-electron chi connectivity index (χ1n) is 10.5. The van der Waals surface area contributed by atoms with Crippen LogP contribution in [0.25, 0.3) is 0 Å². The van der Waals surface area contributed by atoms with Crippen LogP contribution < -0.4 is 21.1 Å². The molecule has 2 aliphatic heterocycles. The summed E-state index contributed by atoms with van der Waals surface area (Å²) in [6.45, 7) is 11.5. The zero-order valence-corrected chi connectivity index (χ0v) is 18.6. The number of benzene rings is 1. The van der Waals surface area contributed by atoms with E-state index in [4.69, 9.17) is 16.2 Å². The van der Waals surface area contributed by atoms with Crippen molar-refractivity contribution in [2.75, 3.05) is 31.6 Å². The number of nitrogens with zero attached hydrogens (tertiary/aromatic N) is 5. The number of likely N-dealkylation sites (N-methyl/N-ethyl adjacent to an activating group) is 1.